The van der Waals surface area contributed by atoms with E-state index < -0.39 is 30.7 Å². The molecule has 1 heterocycles. The van der Waals surface area contributed by atoms with Gasteiger partial charge in [-0.25, -0.2) is 0 Å². The van der Waals surface area contributed by atoms with Crippen molar-refractivity contribution in [2.45, 2.75) is 57.9 Å². The number of piperidine rings is 1. The van der Waals surface area contributed by atoms with Crippen LogP contribution in [0.25, 0.3) is 0 Å². The van der Waals surface area contributed by atoms with Crippen molar-refractivity contribution in [3.05, 3.63) is 0 Å². The summed E-state index contributed by atoms with van der Waals surface area (Å²) < 4.78 is 36.8. The molecule has 3 nitrogen and oxygen atoms in total. The first-order valence-electron chi connectivity index (χ1n) is 6.29. The van der Waals surface area contributed by atoms with Gasteiger partial charge in [-0.05, 0) is 25.7 Å². The van der Waals surface area contributed by atoms with Gasteiger partial charge >= 0.3 is 6.18 Å². The zero-order valence-electron chi connectivity index (χ0n) is 10.7. The molecule has 1 amide bonds. The van der Waals surface area contributed by atoms with Crippen LogP contribution in [0.5, 0.6) is 0 Å². The molecular weight excluding hydrogens is 247 g/mol. The average molecular weight is 267 g/mol. The van der Waals surface area contributed by atoms with Gasteiger partial charge in [0, 0.05) is 6.54 Å². The number of likely N-dealkylation sites (tertiary alicyclic amines) is 1. The second-order valence-electron chi connectivity index (χ2n) is 5.00. The Morgan fingerprint density at radius 3 is 2.50 bits per heavy atom. The van der Waals surface area contributed by atoms with E-state index in [4.69, 9.17) is 0 Å². The topological polar surface area (TPSA) is 40.5 Å². The summed E-state index contributed by atoms with van der Waals surface area (Å²) in [4.78, 5) is 12.9. The lowest BCUT2D eigenvalue weighted by Gasteiger charge is -2.41. The van der Waals surface area contributed by atoms with Crippen molar-refractivity contribution in [1.82, 2.24) is 4.90 Å². The molecule has 1 saturated heterocycles. The highest BCUT2D eigenvalue weighted by molar-refractivity contribution is 5.77. The van der Waals surface area contributed by atoms with E-state index in [0.29, 0.717) is 13.0 Å². The lowest BCUT2D eigenvalue weighted by molar-refractivity contribution is -0.167. The molecule has 0 bridgehead atoms. The molecule has 106 valence electrons. The van der Waals surface area contributed by atoms with Crippen molar-refractivity contribution < 1.29 is 23.1 Å². The first kappa shape index (κ1) is 15.3. The molecule has 0 aromatic carbocycles. The Morgan fingerprint density at radius 1 is 1.44 bits per heavy atom. The van der Waals surface area contributed by atoms with Crippen molar-refractivity contribution in [3.63, 3.8) is 0 Å². The van der Waals surface area contributed by atoms with Crippen molar-refractivity contribution in [2.24, 2.45) is 5.92 Å². The minimum atomic E-state index is -4.49. The molecule has 0 radical (unpaired) electrons. The molecule has 3 atom stereocenters. The molecule has 1 fully saturated rings. The number of alkyl halides is 3. The molecule has 0 saturated carbocycles. The number of nitrogens with zero attached hydrogens (tertiary/aromatic N) is 1. The zero-order chi connectivity index (χ0) is 13.9. The molecule has 0 aliphatic carbocycles. The van der Waals surface area contributed by atoms with Gasteiger partial charge in [-0.3, -0.25) is 4.79 Å². The smallest absolute Gasteiger partial charge is 0.391 e. The van der Waals surface area contributed by atoms with Gasteiger partial charge in [0.2, 0.25) is 5.91 Å². The lowest BCUT2D eigenvalue weighted by Crippen LogP contribution is -2.52. The summed E-state index contributed by atoms with van der Waals surface area (Å²) >= 11 is 0. The summed E-state index contributed by atoms with van der Waals surface area (Å²) in [5, 5.41) is 9.58. The number of aliphatic hydroxyl groups excluding tert-OH is 1. The molecule has 1 aliphatic rings. The van der Waals surface area contributed by atoms with Crippen LogP contribution in [0.3, 0.4) is 0 Å². The summed E-state index contributed by atoms with van der Waals surface area (Å²) in [5.74, 6) is -0.691. The SMILES string of the molecule is CCC1CCC([C@H](C)O)N(C(=O)CC(F)(F)F)C1. The van der Waals surface area contributed by atoms with Crippen molar-refractivity contribution in [3.8, 4) is 0 Å². The summed E-state index contributed by atoms with van der Waals surface area (Å²) in [6.07, 6.45) is -4.46. The minimum absolute atomic E-state index is 0.234. The van der Waals surface area contributed by atoms with E-state index in [1.165, 1.54) is 11.8 Å². The molecule has 1 aliphatic heterocycles. The maximum atomic E-state index is 12.3. The van der Waals surface area contributed by atoms with E-state index in [1.54, 1.807) is 0 Å². The summed E-state index contributed by atoms with van der Waals surface area (Å²) in [6, 6.07) is -0.484. The van der Waals surface area contributed by atoms with Crippen LogP contribution < -0.4 is 0 Å². The van der Waals surface area contributed by atoms with Crippen LogP contribution in [0.15, 0.2) is 0 Å². The molecule has 0 spiro atoms. The van der Waals surface area contributed by atoms with Crippen LogP contribution >= 0.6 is 0 Å². The van der Waals surface area contributed by atoms with E-state index in [2.05, 4.69) is 0 Å². The quantitative estimate of drug-likeness (QED) is 0.852. The number of carbonyl (C=O) groups excluding carboxylic acids is 1. The fraction of sp³-hybridized carbons (Fsp3) is 0.917. The van der Waals surface area contributed by atoms with Gasteiger partial charge in [0.25, 0.3) is 0 Å². The summed E-state index contributed by atoms with van der Waals surface area (Å²) in [7, 11) is 0. The third-order valence-electron chi connectivity index (χ3n) is 3.53. The minimum Gasteiger partial charge on any atom is -0.391 e. The van der Waals surface area contributed by atoms with E-state index in [0.717, 1.165) is 12.8 Å². The maximum absolute atomic E-state index is 12.3. The summed E-state index contributed by atoms with van der Waals surface area (Å²) in [5.41, 5.74) is 0. The Morgan fingerprint density at radius 2 is 2.06 bits per heavy atom. The highest BCUT2D eigenvalue weighted by Gasteiger charge is 2.39. The van der Waals surface area contributed by atoms with E-state index in [-0.39, 0.29) is 5.92 Å². The number of hydrogen-bond acceptors (Lipinski definition) is 2. The molecule has 2 unspecified atom stereocenters. The van der Waals surface area contributed by atoms with Gasteiger partial charge in [0.1, 0.15) is 6.42 Å². The highest BCUT2D eigenvalue weighted by Crippen LogP contribution is 2.29. The van der Waals surface area contributed by atoms with Gasteiger partial charge in [0.15, 0.2) is 0 Å². The van der Waals surface area contributed by atoms with Crippen molar-refractivity contribution in [2.75, 3.05) is 6.54 Å². The Bertz CT molecular complexity index is 292. The fourth-order valence-corrected chi connectivity index (χ4v) is 2.46. The van der Waals surface area contributed by atoms with Crippen molar-refractivity contribution >= 4 is 5.91 Å². The molecule has 6 heteroatoms. The Labute approximate surface area is 105 Å². The number of aliphatic hydroxyl groups is 1. The third kappa shape index (κ3) is 4.15. The maximum Gasteiger partial charge on any atom is 0.397 e. The van der Waals surface area contributed by atoms with Crippen molar-refractivity contribution in [1.29, 1.82) is 0 Å². The normalized spacial score (nSPS) is 27.1. The highest BCUT2D eigenvalue weighted by atomic mass is 19.4. The number of carbonyl (C=O) groups is 1. The average Bonchev–Trinajstić information content (AvgIpc) is 2.25. The molecule has 1 N–H and O–H groups in total. The number of rotatable bonds is 3. The van der Waals surface area contributed by atoms with Crippen LogP contribution in [0.1, 0.15) is 39.5 Å². The van der Waals surface area contributed by atoms with Gasteiger partial charge < -0.3 is 10.0 Å². The zero-order valence-corrected chi connectivity index (χ0v) is 10.7. The van der Waals surface area contributed by atoms with Gasteiger partial charge in [-0.2, -0.15) is 13.2 Å². The van der Waals surface area contributed by atoms with Gasteiger partial charge in [-0.15, -0.1) is 0 Å². The van der Waals surface area contributed by atoms with E-state index in [9.17, 15) is 23.1 Å². The molecular formula is C12H20F3NO2. The Kier molecular flexibility index (Phi) is 5.01. The van der Waals surface area contributed by atoms with Crippen LogP contribution in [-0.4, -0.2) is 40.8 Å². The van der Waals surface area contributed by atoms with Crippen LogP contribution in [0.2, 0.25) is 0 Å². The predicted molar refractivity (Wildman–Crippen MR) is 60.9 cm³/mol. The molecule has 18 heavy (non-hydrogen) atoms. The van der Waals surface area contributed by atoms with Crippen LogP contribution in [-0.2, 0) is 4.79 Å². The number of amides is 1. The van der Waals surface area contributed by atoms with Gasteiger partial charge in [0.05, 0.1) is 12.1 Å². The summed E-state index contributed by atoms with van der Waals surface area (Å²) in [6.45, 7) is 3.80. The van der Waals surface area contributed by atoms with Crippen LogP contribution in [0.4, 0.5) is 13.2 Å². The monoisotopic (exact) mass is 267 g/mol. The number of halogens is 3. The fourth-order valence-electron chi connectivity index (χ4n) is 2.46. The van der Waals surface area contributed by atoms with E-state index >= 15 is 0 Å². The first-order valence-corrected chi connectivity index (χ1v) is 6.29. The standard InChI is InChI=1S/C12H20F3NO2/c1-3-9-4-5-10(8(2)17)16(7-9)11(18)6-12(13,14)15/h8-10,17H,3-7H2,1-2H3/t8-,9?,10?/m0/s1. The van der Waals surface area contributed by atoms with Gasteiger partial charge in [-0.1, -0.05) is 13.3 Å². The predicted octanol–water partition coefficient (Wildman–Crippen LogP) is 2.34. The molecule has 0 aromatic heterocycles. The lowest BCUT2D eigenvalue weighted by atomic mass is 9.88. The molecule has 1 rings (SSSR count). The Balaban J connectivity index is 2.74. The number of hydrogen-bond donors (Lipinski definition) is 1. The van der Waals surface area contributed by atoms with E-state index in [1.807, 2.05) is 6.92 Å². The van der Waals surface area contributed by atoms with Crippen LogP contribution in [0, 0.1) is 5.92 Å². The Hall–Kier alpha value is -0.780. The largest absolute Gasteiger partial charge is 0.397 e. The second-order valence-corrected chi connectivity index (χ2v) is 5.00. The molecule has 0 aromatic rings. The third-order valence-corrected chi connectivity index (χ3v) is 3.53. The second kappa shape index (κ2) is 5.91. The first-order chi connectivity index (χ1) is 8.24.